The van der Waals surface area contributed by atoms with Crippen LogP contribution in [0.2, 0.25) is 0 Å². The van der Waals surface area contributed by atoms with Gasteiger partial charge in [-0.3, -0.25) is 9.59 Å². The fourth-order valence-electron chi connectivity index (χ4n) is 3.45. The third-order valence-corrected chi connectivity index (χ3v) is 6.02. The number of hydrogen-bond donors (Lipinski definition) is 2. The van der Waals surface area contributed by atoms with Crippen molar-refractivity contribution in [2.24, 2.45) is 11.3 Å². The van der Waals surface area contributed by atoms with Crippen LogP contribution in [0.4, 0.5) is 13.2 Å². The first-order valence-electron chi connectivity index (χ1n) is 9.33. The van der Waals surface area contributed by atoms with Gasteiger partial charge < -0.3 is 10.6 Å². The van der Waals surface area contributed by atoms with E-state index in [0.717, 1.165) is 31.4 Å². The van der Waals surface area contributed by atoms with Gasteiger partial charge in [0.2, 0.25) is 5.91 Å². The van der Waals surface area contributed by atoms with Crippen molar-refractivity contribution in [2.45, 2.75) is 57.9 Å². The van der Waals surface area contributed by atoms with E-state index in [9.17, 15) is 22.8 Å². The molecule has 0 unspecified atom stereocenters. The summed E-state index contributed by atoms with van der Waals surface area (Å²) in [6.45, 7) is 4.15. The zero-order valence-corrected chi connectivity index (χ0v) is 15.6. The van der Waals surface area contributed by atoms with E-state index in [-0.39, 0.29) is 18.0 Å². The number of amides is 2. The molecule has 27 heavy (non-hydrogen) atoms. The molecule has 2 aliphatic carbocycles. The maximum absolute atomic E-state index is 14.0. The first-order valence-corrected chi connectivity index (χ1v) is 9.33. The highest BCUT2D eigenvalue weighted by atomic mass is 19.3. The molecule has 0 aliphatic heterocycles. The third-order valence-electron chi connectivity index (χ3n) is 6.02. The van der Waals surface area contributed by atoms with Gasteiger partial charge in [-0.15, -0.1) is 0 Å². The normalized spacial score (nSPS) is 18.7. The maximum atomic E-state index is 14.0. The highest BCUT2D eigenvalue weighted by Gasteiger charge is 2.46. The van der Waals surface area contributed by atoms with Gasteiger partial charge in [0.15, 0.2) is 0 Å². The number of rotatable bonds is 7. The van der Waals surface area contributed by atoms with Gasteiger partial charge in [0.25, 0.3) is 12.3 Å². The summed E-state index contributed by atoms with van der Waals surface area (Å²) in [5.74, 6) is -1.29. The van der Waals surface area contributed by atoms with Gasteiger partial charge in [0.05, 0.1) is 11.1 Å². The van der Waals surface area contributed by atoms with Gasteiger partial charge >= 0.3 is 0 Å². The molecule has 4 nitrogen and oxygen atoms in total. The van der Waals surface area contributed by atoms with Crippen molar-refractivity contribution in [2.75, 3.05) is 6.54 Å². The zero-order valence-electron chi connectivity index (χ0n) is 15.6. The van der Waals surface area contributed by atoms with E-state index in [0.29, 0.717) is 24.8 Å². The maximum Gasteiger partial charge on any atom is 0.263 e. The second-order valence-electron chi connectivity index (χ2n) is 8.31. The largest absolute Gasteiger partial charge is 0.353 e. The number of carbonyl (C=O) groups excluding carboxylic acids is 2. The zero-order chi connectivity index (χ0) is 19.8. The molecule has 0 heterocycles. The Morgan fingerprint density at radius 2 is 1.93 bits per heavy atom. The van der Waals surface area contributed by atoms with Crippen LogP contribution in [0, 0.1) is 17.2 Å². The molecule has 2 N–H and O–H groups in total. The van der Waals surface area contributed by atoms with Gasteiger partial charge in [-0.2, -0.15) is 0 Å². The van der Waals surface area contributed by atoms with Crippen LogP contribution in [-0.2, 0) is 4.79 Å². The lowest BCUT2D eigenvalue weighted by Crippen LogP contribution is -2.50. The predicted octanol–water partition coefficient (Wildman–Crippen LogP) is 3.97. The van der Waals surface area contributed by atoms with Gasteiger partial charge in [0.1, 0.15) is 5.82 Å². The smallest absolute Gasteiger partial charge is 0.263 e. The van der Waals surface area contributed by atoms with E-state index in [4.69, 9.17) is 0 Å². The molecule has 0 bridgehead atoms. The Kier molecular flexibility index (Phi) is 5.23. The van der Waals surface area contributed by atoms with E-state index >= 15 is 0 Å². The Hall–Kier alpha value is -2.05. The minimum atomic E-state index is -2.79. The van der Waals surface area contributed by atoms with E-state index in [2.05, 4.69) is 10.6 Å². The quantitative estimate of drug-likeness (QED) is 0.750. The van der Waals surface area contributed by atoms with Crippen molar-refractivity contribution in [1.29, 1.82) is 0 Å². The fourth-order valence-corrected chi connectivity index (χ4v) is 3.45. The second kappa shape index (κ2) is 7.17. The summed E-state index contributed by atoms with van der Waals surface area (Å²) in [5, 5.41) is 5.68. The minimum Gasteiger partial charge on any atom is -0.353 e. The molecule has 2 aliphatic rings. The molecular formula is C20H25F3N2O2. The number of alkyl halides is 2. The van der Waals surface area contributed by atoms with Crippen LogP contribution < -0.4 is 10.6 Å². The molecular weight excluding hydrogens is 357 g/mol. The molecule has 7 heteroatoms. The van der Waals surface area contributed by atoms with Crippen LogP contribution in [-0.4, -0.2) is 23.9 Å². The topological polar surface area (TPSA) is 58.2 Å². The summed E-state index contributed by atoms with van der Waals surface area (Å²) in [4.78, 5) is 24.9. The molecule has 1 aromatic rings. The first-order chi connectivity index (χ1) is 12.6. The van der Waals surface area contributed by atoms with Crippen molar-refractivity contribution in [3.8, 4) is 0 Å². The van der Waals surface area contributed by atoms with Gasteiger partial charge in [-0.25, -0.2) is 13.2 Å². The van der Waals surface area contributed by atoms with E-state index in [1.54, 1.807) is 0 Å². The third kappa shape index (κ3) is 4.12. The fraction of sp³-hybridized carbons (Fsp3) is 0.600. The summed E-state index contributed by atoms with van der Waals surface area (Å²) in [6, 6.07) is 2.80. The molecule has 0 spiro atoms. The standard InChI is InChI=1S/C20H25F3N2O2/c1-19(2,13-4-3-5-13)18(27)24-11-20(8-9-20)25-17(26)14-7-6-12(16(22)23)10-15(14)21/h6-7,10,13,16H,3-5,8-9,11H2,1-2H3,(H,24,27)(H,25,26). The Labute approximate surface area is 156 Å². The SMILES string of the molecule is CC(C)(C(=O)NCC1(NC(=O)c2ccc(C(F)F)cc2F)CC1)C1CCC1. The molecule has 2 fully saturated rings. The minimum absolute atomic E-state index is 0.0415. The number of benzene rings is 1. The van der Waals surface area contributed by atoms with Gasteiger partial charge in [-0.1, -0.05) is 26.3 Å². The lowest BCUT2D eigenvalue weighted by Gasteiger charge is -2.39. The lowest BCUT2D eigenvalue weighted by atomic mass is 9.67. The molecule has 3 rings (SSSR count). The molecule has 2 amide bonds. The number of halogens is 3. The van der Waals surface area contributed by atoms with Crippen LogP contribution in [0.15, 0.2) is 18.2 Å². The van der Waals surface area contributed by atoms with Crippen molar-refractivity contribution in [1.82, 2.24) is 10.6 Å². The van der Waals surface area contributed by atoms with Crippen LogP contribution in [0.1, 0.15) is 68.3 Å². The molecule has 148 valence electrons. The van der Waals surface area contributed by atoms with Crippen molar-refractivity contribution >= 4 is 11.8 Å². The molecule has 0 saturated heterocycles. The monoisotopic (exact) mass is 382 g/mol. The van der Waals surface area contributed by atoms with Crippen molar-refractivity contribution in [3.05, 3.63) is 35.1 Å². The second-order valence-corrected chi connectivity index (χ2v) is 8.31. The predicted molar refractivity (Wildman–Crippen MR) is 94.9 cm³/mol. The average molecular weight is 382 g/mol. The van der Waals surface area contributed by atoms with Crippen molar-refractivity contribution in [3.63, 3.8) is 0 Å². The summed E-state index contributed by atoms with van der Waals surface area (Å²) in [7, 11) is 0. The molecule has 0 aromatic heterocycles. The van der Waals surface area contributed by atoms with E-state index in [1.165, 1.54) is 0 Å². The van der Waals surface area contributed by atoms with Crippen LogP contribution in [0.5, 0.6) is 0 Å². The lowest BCUT2D eigenvalue weighted by molar-refractivity contribution is -0.134. The summed E-state index contributed by atoms with van der Waals surface area (Å²) in [5.41, 5.74) is -1.77. The summed E-state index contributed by atoms with van der Waals surface area (Å²) in [6.07, 6.45) is 1.82. The number of nitrogens with one attached hydrogen (secondary N) is 2. The van der Waals surface area contributed by atoms with Crippen LogP contribution >= 0.6 is 0 Å². The van der Waals surface area contributed by atoms with Crippen molar-refractivity contribution < 1.29 is 22.8 Å². The average Bonchev–Trinajstić information content (AvgIpc) is 3.29. The Bertz CT molecular complexity index is 741. The molecule has 0 atom stereocenters. The Morgan fingerprint density at radius 1 is 1.26 bits per heavy atom. The molecule has 1 aromatic carbocycles. The summed E-state index contributed by atoms with van der Waals surface area (Å²) < 4.78 is 39.2. The first kappa shape index (κ1) is 19.7. The Morgan fingerprint density at radius 3 is 2.41 bits per heavy atom. The highest BCUT2D eigenvalue weighted by Crippen LogP contribution is 2.42. The van der Waals surface area contributed by atoms with Crippen LogP contribution in [0.25, 0.3) is 0 Å². The van der Waals surface area contributed by atoms with E-state index < -0.39 is 34.7 Å². The molecule has 2 saturated carbocycles. The van der Waals surface area contributed by atoms with Crippen LogP contribution in [0.3, 0.4) is 0 Å². The number of carbonyl (C=O) groups is 2. The summed E-state index contributed by atoms with van der Waals surface area (Å²) >= 11 is 0. The Balaban J connectivity index is 1.58. The van der Waals surface area contributed by atoms with E-state index in [1.807, 2.05) is 13.8 Å². The molecule has 0 radical (unpaired) electrons. The number of hydrogen-bond acceptors (Lipinski definition) is 2. The highest BCUT2D eigenvalue weighted by molar-refractivity contribution is 5.95. The van der Waals surface area contributed by atoms with Gasteiger partial charge in [0, 0.05) is 17.5 Å². The van der Waals surface area contributed by atoms with Gasteiger partial charge in [-0.05, 0) is 43.7 Å².